The van der Waals surface area contributed by atoms with Crippen LogP contribution in [0.3, 0.4) is 0 Å². The molecule has 3 rings (SSSR count). The Bertz CT molecular complexity index is 868. The molecule has 0 fully saturated rings. The van der Waals surface area contributed by atoms with Crippen molar-refractivity contribution in [1.29, 1.82) is 0 Å². The fourth-order valence-corrected chi connectivity index (χ4v) is 2.35. The Labute approximate surface area is 146 Å². The highest BCUT2D eigenvalue weighted by molar-refractivity contribution is 9.10. The summed E-state index contributed by atoms with van der Waals surface area (Å²) in [5, 5.41) is 5.70. The summed E-state index contributed by atoms with van der Waals surface area (Å²) in [6.07, 6.45) is 1.53. The number of carbonyl (C=O) groups excluding carboxylic acids is 1. The second-order valence-electron chi connectivity index (χ2n) is 5.00. The number of nitrogens with zero attached hydrogens (tertiary/aromatic N) is 1. The van der Waals surface area contributed by atoms with E-state index < -0.39 is 11.7 Å². The van der Waals surface area contributed by atoms with Gasteiger partial charge < -0.3 is 10.6 Å². The first-order valence-corrected chi connectivity index (χ1v) is 7.95. The second-order valence-corrected chi connectivity index (χ2v) is 5.91. The van der Waals surface area contributed by atoms with Gasteiger partial charge in [0, 0.05) is 22.0 Å². The molecular weight excluding hydrogens is 373 g/mol. The number of carbonyl (C=O) groups is 1. The zero-order valence-corrected chi connectivity index (χ0v) is 14.0. The summed E-state index contributed by atoms with van der Waals surface area (Å²) in [5.74, 6) is -0.963. The monoisotopic (exact) mass is 385 g/mol. The van der Waals surface area contributed by atoms with Gasteiger partial charge >= 0.3 is 0 Å². The van der Waals surface area contributed by atoms with Gasteiger partial charge in [-0.1, -0.05) is 28.1 Å². The maximum atomic E-state index is 13.6. The first-order chi connectivity index (χ1) is 11.6. The minimum absolute atomic E-state index is 0.121. The van der Waals surface area contributed by atoms with E-state index in [1.165, 1.54) is 18.3 Å². The van der Waals surface area contributed by atoms with Crippen LogP contribution in [-0.2, 0) is 0 Å². The van der Waals surface area contributed by atoms with Crippen molar-refractivity contribution in [3.63, 3.8) is 0 Å². The number of amides is 1. The quantitative estimate of drug-likeness (QED) is 0.665. The van der Waals surface area contributed by atoms with E-state index in [4.69, 9.17) is 0 Å². The van der Waals surface area contributed by atoms with Crippen molar-refractivity contribution < 1.29 is 9.18 Å². The number of anilines is 3. The molecule has 0 bridgehead atoms. The van der Waals surface area contributed by atoms with Crippen molar-refractivity contribution in [2.75, 3.05) is 10.6 Å². The van der Waals surface area contributed by atoms with Crippen molar-refractivity contribution >= 4 is 38.9 Å². The van der Waals surface area contributed by atoms with Gasteiger partial charge in [0.05, 0.1) is 5.69 Å². The van der Waals surface area contributed by atoms with E-state index in [9.17, 15) is 9.18 Å². The summed E-state index contributed by atoms with van der Waals surface area (Å²) < 4.78 is 14.6. The number of hydrogen-bond acceptors (Lipinski definition) is 3. The molecule has 4 nitrogen and oxygen atoms in total. The van der Waals surface area contributed by atoms with E-state index in [-0.39, 0.29) is 11.4 Å². The molecular formula is C18H13BrFN3O. The maximum Gasteiger partial charge on any atom is 0.274 e. The Morgan fingerprint density at radius 2 is 1.75 bits per heavy atom. The Hall–Kier alpha value is -2.73. The third-order valence-corrected chi connectivity index (χ3v) is 3.78. The molecule has 1 amide bonds. The van der Waals surface area contributed by atoms with Gasteiger partial charge in [0.1, 0.15) is 11.5 Å². The lowest BCUT2D eigenvalue weighted by Gasteiger charge is -2.09. The van der Waals surface area contributed by atoms with Crippen LogP contribution >= 0.6 is 15.9 Å². The highest BCUT2D eigenvalue weighted by Gasteiger charge is 2.11. The number of nitrogens with one attached hydrogen (secondary N) is 2. The van der Waals surface area contributed by atoms with Gasteiger partial charge in [0.25, 0.3) is 5.91 Å². The Morgan fingerprint density at radius 3 is 2.50 bits per heavy atom. The molecule has 0 spiro atoms. The van der Waals surface area contributed by atoms with Gasteiger partial charge in [-0.3, -0.25) is 9.78 Å². The zero-order valence-electron chi connectivity index (χ0n) is 12.5. The molecule has 0 aliphatic heterocycles. The molecule has 0 radical (unpaired) electrons. The minimum atomic E-state index is -0.491. The number of halogens is 2. The van der Waals surface area contributed by atoms with Crippen LogP contribution in [0.2, 0.25) is 0 Å². The fraction of sp³-hybridized carbons (Fsp3) is 0. The highest BCUT2D eigenvalue weighted by Crippen LogP contribution is 2.20. The van der Waals surface area contributed by atoms with Crippen LogP contribution in [0, 0.1) is 5.82 Å². The third kappa shape index (κ3) is 3.97. The number of para-hydroxylation sites is 1. The summed E-state index contributed by atoms with van der Waals surface area (Å²) in [5.41, 5.74) is 1.91. The predicted molar refractivity (Wildman–Crippen MR) is 96.0 cm³/mol. The molecule has 0 atom stereocenters. The third-order valence-electron chi connectivity index (χ3n) is 3.25. The smallest absolute Gasteiger partial charge is 0.274 e. The summed E-state index contributed by atoms with van der Waals surface area (Å²) in [4.78, 5) is 16.3. The molecule has 1 heterocycles. The van der Waals surface area contributed by atoms with E-state index in [0.717, 1.165) is 10.2 Å². The largest absolute Gasteiger partial charge is 0.355 e. The first-order valence-electron chi connectivity index (χ1n) is 7.16. The molecule has 0 saturated heterocycles. The minimum Gasteiger partial charge on any atom is -0.355 e. The molecule has 0 aliphatic carbocycles. The van der Waals surface area contributed by atoms with Gasteiger partial charge in [-0.2, -0.15) is 0 Å². The van der Waals surface area contributed by atoms with E-state index in [2.05, 4.69) is 31.5 Å². The summed E-state index contributed by atoms with van der Waals surface area (Å²) in [6.45, 7) is 0. The number of hydrogen-bond donors (Lipinski definition) is 2. The van der Waals surface area contributed by atoms with Crippen LogP contribution in [0.4, 0.5) is 21.5 Å². The first kappa shape index (κ1) is 16.1. The van der Waals surface area contributed by atoms with Crippen LogP contribution in [0.25, 0.3) is 0 Å². The van der Waals surface area contributed by atoms with E-state index in [1.807, 2.05) is 24.3 Å². The van der Waals surface area contributed by atoms with Crippen molar-refractivity contribution in [2.45, 2.75) is 0 Å². The molecule has 0 aliphatic rings. The van der Waals surface area contributed by atoms with Crippen LogP contribution in [0.1, 0.15) is 10.5 Å². The predicted octanol–water partition coefficient (Wildman–Crippen LogP) is 4.98. The molecule has 3 aromatic rings. The van der Waals surface area contributed by atoms with Crippen LogP contribution in [0.5, 0.6) is 0 Å². The summed E-state index contributed by atoms with van der Waals surface area (Å²) in [7, 11) is 0. The topological polar surface area (TPSA) is 54.0 Å². The molecule has 1 aromatic heterocycles. The summed E-state index contributed by atoms with van der Waals surface area (Å²) >= 11 is 3.38. The maximum absolute atomic E-state index is 13.6. The SMILES string of the molecule is O=C(Nc1ccccc1F)c1cc(Nc2ccc(Br)cc2)ccn1. The average molecular weight is 386 g/mol. The molecule has 0 unspecified atom stereocenters. The number of pyridine rings is 1. The Morgan fingerprint density at radius 1 is 1.00 bits per heavy atom. The van der Waals surface area contributed by atoms with Crippen LogP contribution < -0.4 is 10.6 Å². The lowest BCUT2D eigenvalue weighted by molar-refractivity contribution is 0.102. The van der Waals surface area contributed by atoms with E-state index in [0.29, 0.717) is 5.69 Å². The van der Waals surface area contributed by atoms with Crippen LogP contribution in [-0.4, -0.2) is 10.9 Å². The lowest BCUT2D eigenvalue weighted by atomic mass is 10.2. The van der Waals surface area contributed by atoms with Crippen molar-refractivity contribution in [1.82, 2.24) is 4.98 Å². The Kier molecular flexibility index (Phi) is 4.86. The number of rotatable bonds is 4. The van der Waals surface area contributed by atoms with E-state index >= 15 is 0 Å². The molecule has 2 aromatic carbocycles. The second kappa shape index (κ2) is 7.23. The zero-order chi connectivity index (χ0) is 16.9. The normalized spacial score (nSPS) is 10.2. The standard InChI is InChI=1S/C18H13BrFN3O/c19-12-5-7-13(8-6-12)22-14-9-10-21-17(11-14)18(24)23-16-4-2-1-3-15(16)20/h1-11H,(H,21,22)(H,23,24). The Balaban J connectivity index is 1.76. The van der Waals surface area contributed by atoms with Gasteiger partial charge in [0.2, 0.25) is 0 Å². The molecule has 120 valence electrons. The highest BCUT2D eigenvalue weighted by atomic mass is 79.9. The van der Waals surface area contributed by atoms with Crippen LogP contribution in [0.15, 0.2) is 71.3 Å². The van der Waals surface area contributed by atoms with Gasteiger partial charge in [-0.25, -0.2) is 4.39 Å². The average Bonchev–Trinajstić information content (AvgIpc) is 2.59. The van der Waals surface area contributed by atoms with E-state index in [1.54, 1.807) is 24.3 Å². The summed E-state index contributed by atoms with van der Waals surface area (Å²) in [6, 6.07) is 17.0. The van der Waals surface area contributed by atoms with Crippen molar-refractivity contribution in [2.24, 2.45) is 0 Å². The number of aromatic nitrogens is 1. The fourth-order valence-electron chi connectivity index (χ4n) is 2.08. The molecule has 2 N–H and O–H groups in total. The van der Waals surface area contributed by atoms with Crippen molar-refractivity contribution in [3.05, 3.63) is 82.8 Å². The van der Waals surface area contributed by atoms with Gasteiger partial charge in [-0.05, 0) is 48.5 Å². The molecule has 0 saturated carbocycles. The van der Waals surface area contributed by atoms with Gasteiger partial charge in [-0.15, -0.1) is 0 Å². The van der Waals surface area contributed by atoms with Gasteiger partial charge in [0.15, 0.2) is 0 Å². The molecule has 6 heteroatoms. The van der Waals surface area contributed by atoms with Crippen molar-refractivity contribution in [3.8, 4) is 0 Å². The molecule has 24 heavy (non-hydrogen) atoms. The number of benzene rings is 2. The lowest BCUT2D eigenvalue weighted by Crippen LogP contribution is -2.14.